The number of ketones is 1. The van der Waals surface area contributed by atoms with Crippen LogP contribution in [0.1, 0.15) is 41.7 Å². The molecular weight excluding hydrogens is 484 g/mol. The van der Waals surface area contributed by atoms with Gasteiger partial charge in [0.1, 0.15) is 11.5 Å². The van der Waals surface area contributed by atoms with Crippen molar-refractivity contribution in [2.75, 3.05) is 17.3 Å². The SMILES string of the molecule is COc1ccccc1[C@@H]1C2=C(C[C@@H](c3ccco3)CC2=O)Nc2ccccc2N1Cc1ccc(Cl)cc1. The van der Waals surface area contributed by atoms with Crippen molar-refractivity contribution in [2.24, 2.45) is 0 Å². The highest BCUT2D eigenvalue weighted by atomic mass is 35.5. The van der Waals surface area contributed by atoms with E-state index < -0.39 is 0 Å². The Morgan fingerprint density at radius 2 is 1.76 bits per heavy atom. The quantitative estimate of drug-likeness (QED) is 0.301. The molecule has 0 unspecified atom stereocenters. The number of hydrogen-bond donors (Lipinski definition) is 1. The van der Waals surface area contributed by atoms with E-state index in [1.54, 1.807) is 13.4 Å². The van der Waals surface area contributed by atoms with Crippen LogP contribution in [0.4, 0.5) is 11.4 Å². The summed E-state index contributed by atoms with van der Waals surface area (Å²) in [5.41, 5.74) is 5.74. The number of fused-ring (bicyclic) bond motifs is 1. The molecular formula is C31H27ClN2O3. The molecule has 6 rings (SSSR count). The number of carbonyl (C=O) groups excluding carboxylic acids is 1. The number of furan rings is 1. The van der Waals surface area contributed by atoms with Crippen molar-refractivity contribution in [3.63, 3.8) is 0 Å². The summed E-state index contributed by atoms with van der Waals surface area (Å²) in [6, 6.07) is 27.6. The molecule has 0 radical (unpaired) electrons. The van der Waals surface area contributed by atoms with Gasteiger partial charge < -0.3 is 19.4 Å². The highest BCUT2D eigenvalue weighted by Gasteiger charge is 2.41. The molecule has 0 amide bonds. The van der Waals surface area contributed by atoms with Gasteiger partial charge in [-0.25, -0.2) is 0 Å². The molecule has 186 valence electrons. The maximum absolute atomic E-state index is 14.0. The lowest BCUT2D eigenvalue weighted by Crippen LogP contribution is -2.34. The number of allylic oxidation sites excluding steroid dienone is 1. The number of carbonyl (C=O) groups is 1. The number of Topliss-reactive ketones (excluding diaryl/α,β-unsaturated/α-hetero) is 1. The molecule has 4 aromatic rings. The Bertz CT molecular complexity index is 1460. The fraction of sp³-hybridized carbons (Fsp3) is 0.194. The summed E-state index contributed by atoms with van der Waals surface area (Å²) < 4.78 is 11.5. The topological polar surface area (TPSA) is 54.7 Å². The van der Waals surface area contributed by atoms with Gasteiger partial charge in [-0.05, 0) is 54.4 Å². The molecule has 0 bridgehead atoms. The van der Waals surface area contributed by atoms with Gasteiger partial charge in [0.25, 0.3) is 0 Å². The van der Waals surface area contributed by atoms with Crippen LogP contribution in [0.3, 0.4) is 0 Å². The normalized spacial score (nSPS) is 19.1. The van der Waals surface area contributed by atoms with E-state index >= 15 is 0 Å². The second-order valence-corrected chi connectivity index (χ2v) is 9.91. The summed E-state index contributed by atoms with van der Waals surface area (Å²) in [5.74, 6) is 1.69. The first kappa shape index (κ1) is 23.4. The molecule has 5 nitrogen and oxygen atoms in total. The number of methoxy groups -OCH3 is 1. The van der Waals surface area contributed by atoms with Crippen LogP contribution in [-0.2, 0) is 11.3 Å². The minimum Gasteiger partial charge on any atom is -0.496 e. The zero-order valence-electron chi connectivity index (χ0n) is 20.5. The third-order valence-electron chi connectivity index (χ3n) is 7.24. The standard InChI is InChI=1S/C31H27ClN2O3/c1-36-29-10-5-2-7-23(29)31-30-25(17-21(18-27(30)35)28-11-6-16-37-28)33-24-8-3-4-9-26(24)34(31)19-20-12-14-22(32)15-13-20/h2-16,21,31,33H,17-19H2,1H3/t21-,31-/m1/s1. The average molecular weight is 511 g/mol. The van der Waals surface area contributed by atoms with E-state index in [0.29, 0.717) is 24.4 Å². The predicted molar refractivity (Wildman–Crippen MR) is 146 cm³/mol. The van der Waals surface area contributed by atoms with Crippen LogP contribution in [-0.4, -0.2) is 12.9 Å². The Morgan fingerprint density at radius 1 is 0.973 bits per heavy atom. The van der Waals surface area contributed by atoms with Crippen LogP contribution < -0.4 is 15.0 Å². The molecule has 1 aromatic heterocycles. The monoisotopic (exact) mass is 510 g/mol. The molecule has 2 heterocycles. The number of benzene rings is 3. The second-order valence-electron chi connectivity index (χ2n) is 9.48. The Kier molecular flexibility index (Phi) is 6.23. The molecule has 37 heavy (non-hydrogen) atoms. The highest BCUT2D eigenvalue weighted by molar-refractivity contribution is 6.30. The van der Waals surface area contributed by atoms with Crippen molar-refractivity contribution >= 4 is 28.8 Å². The molecule has 0 fully saturated rings. The molecule has 6 heteroatoms. The smallest absolute Gasteiger partial charge is 0.163 e. The molecule has 1 aliphatic carbocycles. The molecule has 0 saturated carbocycles. The number of ether oxygens (including phenoxy) is 1. The van der Waals surface area contributed by atoms with Crippen molar-refractivity contribution in [3.05, 3.63) is 124 Å². The number of nitrogens with zero attached hydrogens (tertiary/aromatic N) is 1. The number of hydrogen-bond acceptors (Lipinski definition) is 5. The van der Waals surface area contributed by atoms with E-state index in [-0.39, 0.29) is 17.7 Å². The molecule has 0 saturated heterocycles. The van der Waals surface area contributed by atoms with E-state index in [1.165, 1.54) is 0 Å². The summed E-state index contributed by atoms with van der Waals surface area (Å²) >= 11 is 6.19. The van der Waals surface area contributed by atoms with Crippen LogP contribution in [0.15, 0.2) is 107 Å². The van der Waals surface area contributed by atoms with E-state index in [4.69, 9.17) is 20.8 Å². The maximum atomic E-state index is 14.0. The molecule has 1 aliphatic heterocycles. The minimum absolute atomic E-state index is 0.0120. The Hall–Kier alpha value is -3.96. The van der Waals surface area contributed by atoms with Gasteiger partial charge in [0.2, 0.25) is 0 Å². The van der Waals surface area contributed by atoms with E-state index in [1.807, 2.05) is 66.7 Å². The fourth-order valence-corrected chi connectivity index (χ4v) is 5.68. The van der Waals surface area contributed by atoms with Crippen molar-refractivity contribution < 1.29 is 13.9 Å². The lowest BCUT2D eigenvalue weighted by atomic mass is 9.79. The lowest BCUT2D eigenvalue weighted by Gasteiger charge is -2.37. The average Bonchev–Trinajstić information content (AvgIpc) is 3.42. The first-order valence-corrected chi connectivity index (χ1v) is 12.8. The highest BCUT2D eigenvalue weighted by Crippen LogP contribution is 2.49. The van der Waals surface area contributed by atoms with Crippen LogP contribution in [0.25, 0.3) is 0 Å². The van der Waals surface area contributed by atoms with Gasteiger partial charge in [0.05, 0.1) is 30.8 Å². The number of halogens is 1. The zero-order valence-corrected chi connectivity index (χ0v) is 21.2. The van der Waals surface area contributed by atoms with Crippen molar-refractivity contribution in [1.29, 1.82) is 0 Å². The third kappa shape index (κ3) is 4.40. The molecule has 2 aliphatic rings. The van der Waals surface area contributed by atoms with E-state index in [9.17, 15) is 4.79 Å². The largest absolute Gasteiger partial charge is 0.496 e. The van der Waals surface area contributed by atoms with E-state index in [0.717, 1.165) is 45.3 Å². The molecule has 1 N–H and O–H groups in total. The fourth-order valence-electron chi connectivity index (χ4n) is 5.56. The zero-order chi connectivity index (χ0) is 25.4. The second kappa shape index (κ2) is 9.83. The Labute approximate surface area is 221 Å². The van der Waals surface area contributed by atoms with Crippen LogP contribution in [0.5, 0.6) is 5.75 Å². The van der Waals surface area contributed by atoms with Crippen molar-refractivity contribution in [1.82, 2.24) is 0 Å². The van der Waals surface area contributed by atoms with Gasteiger partial charge in [0, 0.05) is 40.7 Å². The van der Waals surface area contributed by atoms with E-state index in [2.05, 4.69) is 28.4 Å². The van der Waals surface area contributed by atoms with Gasteiger partial charge in [-0.15, -0.1) is 0 Å². The number of para-hydroxylation sites is 3. The van der Waals surface area contributed by atoms with Gasteiger partial charge in [-0.3, -0.25) is 4.79 Å². The summed E-state index contributed by atoms with van der Waals surface area (Å²) in [4.78, 5) is 16.3. The summed E-state index contributed by atoms with van der Waals surface area (Å²) in [7, 11) is 1.68. The lowest BCUT2D eigenvalue weighted by molar-refractivity contribution is -0.116. The first-order valence-electron chi connectivity index (χ1n) is 12.4. The number of anilines is 2. The molecule has 0 spiro atoms. The maximum Gasteiger partial charge on any atom is 0.163 e. The van der Waals surface area contributed by atoms with Gasteiger partial charge >= 0.3 is 0 Å². The van der Waals surface area contributed by atoms with Gasteiger partial charge in [-0.1, -0.05) is 54.1 Å². The predicted octanol–water partition coefficient (Wildman–Crippen LogP) is 7.52. The first-order chi connectivity index (χ1) is 18.1. The van der Waals surface area contributed by atoms with Gasteiger partial charge in [-0.2, -0.15) is 0 Å². The summed E-state index contributed by atoms with van der Waals surface area (Å²) in [5, 5.41) is 4.35. The number of rotatable bonds is 5. The van der Waals surface area contributed by atoms with Crippen molar-refractivity contribution in [3.8, 4) is 5.75 Å². The third-order valence-corrected chi connectivity index (χ3v) is 7.49. The Morgan fingerprint density at radius 3 is 2.54 bits per heavy atom. The summed E-state index contributed by atoms with van der Waals surface area (Å²) in [6.45, 7) is 0.588. The van der Waals surface area contributed by atoms with Gasteiger partial charge in [0.15, 0.2) is 5.78 Å². The van der Waals surface area contributed by atoms with Crippen LogP contribution >= 0.6 is 11.6 Å². The van der Waals surface area contributed by atoms with Crippen LogP contribution in [0.2, 0.25) is 5.02 Å². The molecule has 3 aromatic carbocycles. The molecule has 2 atom stereocenters. The van der Waals surface area contributed by atoms with Crippen molar-refractivity contribution in [2.45, 2.75) is 31.3 Å². The Balaban J connectivity index is 1.56. The number of nitrogens with one attached hydrogen (secondary N) is 1. The minimum atomic E-state index is -0.344. The summed E-state index contributed by atoms with van der Waals surface area (Å²) in [6.07, 6.45) is 2.75. The van der Waals surface area contributed by atoms with Crippen LogP contribution in [0, 0.1) is 0 Å².